The molecule has 1 saturated heterocycles. The van der Waals surface area contributed by atoms with Crippen molar-refractivity contribution in [1.29, 1.82) is 0 Å². The second-order valence-corrected chi connectivity index (χ2v) is 4.99. The van der Waals surface area contributed by atoms with Crippen molar-refractivity contribution in [3.8, 4) is 0 Å². The van der Waals surface area contributed by atoms with Crippen LogP contribution in [-0.2, 0) is 0 Å². The summed E-state index contributed by atoms with van der Waals surface area (Å²) in [5, 5.41) is 0. The average Bonchev–Trinajstić information content (AvgIpc) is 2.19. The first kappa shape index (κ1) is 10.4. The molecular weight excluding hydrogens is 177 g/mol. The van der Waals surface area contributed by atoms with Crippen LogP contribution >= 0.6 is 0 Å². The highest BCUT2D eigenvalue weighted by atomic mass is 19.1. The summed E-state index contributed by atoms with van der Waals surface area (Å²) in [5.74, 6) is 0.650. The molecule has 1 aliphatic carbocycles. The van der Waals surface area contributed by atoms with Crippen LogP contribution in [0.25, 0.3) is 0 Å². The zero-order valence-corrected chi connectivity index (χ0v) is 9.05. The first-order valence-electron chi connectivity index (χ1n) is 6.21. The van der Waals surface area contributed by atoms with E-state index in [1.165, 1.54) is 45.3 Å². The molecule has 2 rings (SSSR count). The summed E-state index contributed by atoms with van der Waals surface area (Å²) < 4.78 is 13.2. The second kappa shape index (κ2) is 5.11. The number of rotatable bonds is 2. The van der Waals surface area contributed by atoms with Gasteiger partial charge in [0.15, 0.2) is 0 Å². The molecule has 2 unspecified atom stereocenters. The van der Waals surface area contributed by atoms with E-state index in [0.717, 1.165) is 19.3 Å². The molecule has 0 spiro atoms. The Balaban J connectivity index is 1.72. The lowest BCUT2D eigenvalue weighted by Crippen LogP contribution is -2.36. The topological polar surface area (TPSA) is 3.24 Å². The number of alkyl halides is 1. The van der Waals surface area contributed by atoms with Gasteiger partial charge in [-0.25, -0.2) is 4.39 Å². The molecule has 0 radical (unpaired) electrons. The number of hydrogen-bond acceptors (Lipinski definition) is 1. The van der Waals surface area contributed by atoms with E-state index < -0.39 is 6.17 Å². The Morgan fingerprint density at radius 3 is 2.50 bits per heavy atom. The molecule has 1 nitrogen and oxygen atoms in total. The van der Waals surface area contributed by atoms with Gasteiger partial charge < -0.3 is 4.90 Å². The van der Waals surface area contributed by atoms with E-state index >= 15 is 0 Å². The third-order valence-electron chi connectivity index (χ3n) is 3.68. The van der Waals surface area contributed by atoms with Crippen LogP contribution in [0.4, 0.5) is 4.39 Å². The Labute approximate surface area is 86.7 Å². The molecule has 1 aliphatic heterocycles. The highest BCUT2D eigenvalue weighted by Gasteiger charge is 2.23. The summed E-state index contributed by atoms with van der Waals surface area (Å²) in [4.78, 5) is 2.55. The van der Waals surface area contributed by atoms with E-state index in [9.17, 15) is 4.39 Å². The monoisotopic (exact) mass is 199 g/mol. The fourth-order valence-corrected chi connectivity index (χ4v) is 2.90. The van der Waals surface area contributed by atoms with E-state index in [2.05, 4.69) is 4.90 Å². The van der Waals surface area contributed by atoms with Gasteiger partial charge in [0.05, 0.1) is 0 Å². The minimum absolute atomic E-state index is 0.501. The standard InChI is InChI=1S/C12H22FN/c13-12-6-4-5-11(9-12)10-14-7-2-1-3-8-14/h11-12H,1-10H2. The molecule has 82 valence electrons. The van der Waals surface area contributed by atoms with Crippen molar-refractivity contribution in [1.82, 2.24) is 4.90 Å². The van der Waals surface area contributed by atoms with E-state index in [1.54, 1.807) is 0 Å². The van der Waals surface area contributed by atoms with Gasteiger partial charge in [-0.15, -0.1) is 0 Å². The zero-order valence-electron chi connectivity index (χ0n) is 9.05. The summed E-state index contributed by atoms with van der Waals surface area (Å²) in [6.45, 7) is 3.68. The van der Waals surface area contributed by atoms with Crippen LogP contribution < -0.4 is 0 Å². The summed E-state index contributed by atoms with van der Waals surface area (Å²) >= 11 is 0. The number of piperidine rings is 1. The van der Waals surface area contributed by atoms with Crippen LogP contribution in [-0.4, -0.2) is 30.7 Å². The van der Waals surface area contributed by atoms with Gasteiger partial charge in [0.2, 0.25) is 0 Å². The van der Waals surface area contributed by atoms with Crippen LogP contribution in [0.1, 0.15) is 44.9 Å². The van der Waals surface area contributed by atoms with E-state index in [1.807, 2.05) is 0 Å². The van der Waals surface area contributed by atoms with Gasteiger partial charge in [0, 0.05) is 6.54 Å². The molecule has 1 heterocycles. The normalized spacial score (nSPS) is 35.8. The summed E-state index contributed by atoms with van der Waals surface area (Å²) in [5.41, 5.74) is 0. The maximum atomic E-state index is 13.2. The van der Waals surface area contributed by atoms with Gasteiger partial charge in [0.25, 0.3) is 0 Å². The average molecular weight is 199 g/mol. The fraction of sp³-hybridized carbons (Fsp3) is 1.00. The number of hydrogen-bond donors (Lipinski definition) is 0. The van der Waals surface area contributed by atoms with E-state index in [0.29, 0.717) is 5.92 Å². The highest BCUT2D eigenvalue weighted by Crippen LogP contribution is 2.27. The van der Waals surface area contributed by atoms with Crippen molar-refractivity contribution in [2.24, 2.45) is 5.92 Å². The predicted octanol–water partition coefficient (Wildman–Crippen LogP) is 3.00. The maximum absolute atomic E-state index is 13.2. The zero-order chi connectivity index (χ0) is 9.80. The quantitative estimate of drug-likeness (QED) is 0.661. The molecular formula is C12H22FN. The SMILES string of the molecule is FC1CCCC(CN2CCCCC2)C1. The van der Waals surface area contributed by atoms with Gasteiger partial charge in [-0.2, -0.15) is 0 Å². The summed E-state index contributed by atoms with van der Waals surface area (Å²) in [6, 6.07) is 0. The van der Waals surface area contributed by atoms with Gasteiger partial charge in [0.1, 0.15) is 6.17 Å². The molecule has 2 atom stereocenters. The van der Waals surface area contributed by atoms with Crippen molar-refractivity contribution in [3.05, 3.63) is 0 Å². The lowest BCUT2D eigenvalue weighted by molar-refractivity contribution is 0.135. The fourth-order valence-electron chi connectivity index (χ4n) is 2.90. The summed E-state index contributed by atoms with van der Waals surface area (Å²) in [6.07, 6.45) is 7.62. The third kappa shape index (κ3) is 2.94. The first-order valence-corrected chi connectivity index (χ1v) is 6.21. The van der Waals surface area contributed by atoms with Crippen LogP contribution in [0.5, 0.6) is 0 Å². The van der Waals surface area contributed by atoms with Crippen molar-refractivity contribution < 1.29 is 4.39 Å². The minimum atomic E-state index is -0.501. The Hall–Kier alpha value is -0.110. The van der Waals surface area contributed by atoms with Gasteiger partial charge in [-0.05, 0) is 51.1 Å². The number of nitrogens with zero attached hydrogens (tertiary/aromatic N) is 1. The van der Waals surface area contributed by atoms with Crippen LogP contribution in [0, 0.1) is 5.92 Å². The van der Waals surface area contributed by atoms with Crippen molar-refractivity contribution in [2.75, 3.05) is 19.6 Å². The third-order valence-corrected chi connectivity index (χ3v) is 3.68. The lowest BCUT2D eigenvalue weighted by atomic mass is 9.87. The van der Waals surface area contributed by atoms with Gasteiger partial charge >= 0.3 is 0 Å². The molecule has 0 aromatic rings. The number of halogens is 1. The summed E-state index contributed by atoms with van der Waals surface area (Å²) in [7, 11) is 0. The van der Waals surface area contributed by atoms with E-state index in [-0.39, 0.29) is 0 Å². The first-order chi connectivity index (χ1) is 6.84. The molecule has 2 heteroatoms. The van der Waals surface area contributed by atoms with E-state index in [4.69, 9.17) is 0 Å². The molecule has 2 aliphatic rings. The number of likely N-dealkylation sites (tertiary alicyclic amines) is 1. The van der Waals surface area contributed by atoms with Crippen molar-refractivity contribution in [2.45, 2.75) is 51.1 Å². The van der Waals surface area contributed by atoms with Gasteiger partial charge in [-0.3, -0.25) is 0 Å². The Morgan fingerprint density at radius 1 is 1.00 bits per heavy atom. The highest BCUT2D eigenvalue weighted by molar-refractivity contribution is 4.76. The predicted molar refractivity (Wildman–Crippen MR) is 57.1 cm³/mol. The largest absolute Gasteiger partial charge is 0.303 e. The molecule has 2 fully saturated rings. The maximum Gasteiger partial charge on any atom is 0.100 e. The molecule has 14 heavy (non-hydrogen) atoms. The van der Waals surface area contributed by atoms with Crippen LogP contribution in [0.15, 0.2) is 0 Å². The molecule has 0 bridgehead atoms. The lowest BCUT2D eigenvalue weighted by Gasteiger charge is -2.33. The molecule has 0 aromatic heterocycles. The smallest absolute Gasteiger partial charge is 0.100 e. The van der Waals surface area contributed by atoms with Crippen molar-refractivity contribution in [3.63, 3.8) is 0 Å². The van der Waals surface area contributed by atoms with Crippen molar-refractivity contribution >= 4 is 0 Å². The Kier molecular flexibility index (Phi) is 3.80. The molecule has 0 N–H and O–H groups in total. The second-order valence-electron chi connectivity index (χ2n) is 4.99. The molecule has 0 amide bonds. The van der Waals surface area contributed by atoms with Crippen LogP contribution in [0.3, 0.4) is 0 Å². The van der Waals surface area contributed by atoms with Crippen LogP contribution in [0.2, 0.25) is 0 Å². The van der Waals surface area contributed by atoms with Gasteiger partial charge in [-0.1, -0.05) is 12.8 Å². The minimum Gasteiger partial charge on any atom is -0.303 e. The Bertz CT molecular complexity index is 166. The molecule has 0 aromatic carbocycles. The molecule has 1 saturated carbocycles. The Morgan fingerprint density at radius 2 is 1.79 bits per heavy atom.